The normalized spacial score (nSPS) is 23.0. The number of carbonyl (C=O) groups excluding carboxylic acids is 2. The van der Waals surface area contributed by atoms with E-state index in [2.05, 4.69) is 13.2 Å². The molecule has 0 amide bonds. The average molecular weight is 605 g/mol. The summed E-state index contributed by atoms with van der Waals surface area (Å²) in [5, 5.41) is 0. The first-order valence-corrected chi connectivity index (χ1v) is 14.9. The summed E-state index contributed by atoms with van der Waals surface area (Å²) in [6, 6.07) is 15.2. The smallest absolute Gasteiger partial charge is 0.330 e. The lowest BCUT2D eigenvalue weighted by atomic mass is 10.1. The van der Waals surface area contributed by atoms with Gasteiger partial charge in [-0.1, -0.05) is 36.4 Å². The quantitative estimate of drug-likeness (QED) is 0.192. The van der Waals surface area contributed by atoms with E-state index >= 15 is 0 Å². The highest BCUT2D eigenvalue weighted by atomic mass is 16.5. The Morgan fingerprint density at radius 3 is 1.39 bits per heavy atom. The number of cyclic esters (lactones) is 2. The second-order valence-corrected chi connectivity index (χ2v) is 10.4. The molecule has 8 heteroatoms. The van der Waals surface area contributed by atoms with Gasteiger partial charge in [0, 0.05) is 25.0 Å². The van der Waals surface area contributed by atoms with Crippen molar-refractivity contribution in [3.05, 3.63) is 109 Å². The largest absolute Gasteiger partial charge is 0.497 e. The Hall–Kier alpha value is -4.14. The van der Waals surface area contributed by atoms with Crippen molar-refractivity contribution in [2.45, 2.75) is 76.2 Å². The van der Waals surface area contributed by atoms with Crippen molar-refractivity contribution in [2.75, 3.05) is 14.2 Å². The van der Waals surface area contributed by atoms with Crippen LogP contribution in [0.25, 0.3) is 0 Å². The molecule has 3 rings (SSSR count). The van der Waals surface area contributed by atoms with Crippen molar-refractivity contribution in [3.8, 4) is 11.5 Å². The van der Waals surface area contributed by atoms with E-state index in [9.17, 15) is 9.59 Å². The predicted molar refractivity (Wildman–Crippen MR) is 169 cm³/mol. The van der Waals surface area contributed by atoms with Crippen molar-refractivity contribution in [1.29, 1.82) is 0 Å². The van der Waals surface area contributed by atoms with Gasteiger partial charge in [0.2, 0.25) is 0 Å². The molecule has 0 aromatic heterocycles. The summed E-state index contributed by atoms with van der Waals surface area (Å²) in [5.41, 5.74) is 1.92. The predicted octanol–water partition coefficient (Wildman–Crippen LogP) is 6.84. The molecule has 44 heavy (non-hydrogen) atoms. The second-order valence-electron chi connectivity index (χ2n) is 10.4. The Morgan fingerprint density at radius 1 is 0.659 bits per heavy atom. The van der Waals surface area contributed by atoms with Gasteiger partial charge in [-0.3, -0.25) is 0 Å². The van der Waals surface area contributed by atoms with Crippen molar-refractivity contribution >= 4 is 11.9 Å². The minimum absolute atomic E-state index is 0.333. The van der Waals surface area contributed by atoms with E-state index in [1.54, 1.807) is 38.5 Å². The van der Waals surface area contributed by atoms with E-state index < -0.39 is 36.4 Å². The molecule has 1 heterocycles. The molecular weight excluding hydrogens is 560 g/mol. The molecule has 0 radical (unpaired) electrons. The maximum absolute atomic E-state index is 12.9. The number of hydrogen-bond donors (Lipinski definition) is 0. The molecular formula is C36H44O8. The highest BCUT2D eigenvalue weighted by molar-refractivity contribution is 5.82. The lowest BCUT2D eigenvalue weighted by Gasteiger charge is -2.21. The average Bonchev–Trinajstić information content (AvgIpc) is 3.04. The highest BCUT2D eigenvalue weighted by Gasteiger charge is 2.19. The summed E-state index contributed by atoms with van der Waals surface area (Å²) in [6.45, 7) is 8.30. The number of ether oxygens (including phenoxy) is 6. The molecule has 0 saturated heterocycles. The van der Waals surface area contributed by atoms with Crippen LogP contribution in [0.2, 0.25) is 0 Å². The third-order valence-electron chi connectivity index (χ3n) is 7.11. The first-order valence-electron chi connectivity index (χ1n) is 14.9. The van der Waals surface area contributed by atoms with E-state index in [1.165, 1.54) is 12.2 Å². The second kappa shape index (κ2) is 19.2. The first kappa shape index (κ1) is 34.4. The Kier molecular flexibility index (Phi) is 15.0. The van der Waals surface area contributed by atoms with Crippen LogP contribution in [0.3, 0.4) is 0 Å². The lowest BCUT2D eigenvalue weighted by Crippen LogP contribution is -2.22. The van der Waals surface area contributed by atoms with Crippen LogP contribution in [0.1, 0.15) is 49.7 Å². The molecule has 0 spiro atoms. The van der Waals surface area contributed by atoms with Gasteiger partial charge in [-0.05, 0) is 73.2 Å². The van der Waals surface area contributed by atoms with Crippen molar-refractivity contribution in [2.24, 2.45) is 0 Å². The van der Waals surface area contributed by atoms with Gasteiger partial charge in [0.1, 0.15) is 23.7 Å². The zero-order chi connectivity index (χ0) is 31.6. The standard InChI is InChI=1S/C36H44O8/c1-5-7-33-19-17-31(41-25-27-9-13-29(39-3)14-10-27)22-24-36(38)44-34(8-6-2)20-18-32(21-23-35(37)43-33)42-26-28-11-15-30(40-4)16-12-28/h5-6,9-16,21-24,31-34H,1-2,7-8,17-20,25-26H2,3-4H3/b23-21+,24-22+/t31-,32-,33+,34+/m0/s1. The molecule has 0 aliphatic carbocycles. The summed E-state index contributed by atoms with van der Waals surface area (Å²) >= 11 is 0. The SMILES string of the molecule is C=CC[C@@H]1CC[C@H](OCc2ccc(OC)cc2)/C=C/C(=O)O[C@H](CC=C)CC[C@H](OCc2ccc(OC)cc2)/C=C/C(=O)O1. The summed E-state index contributed by atoms with van der Waals surface area (Å²) in [7, 11) is 3.23. The van der Waals surface area contributed by atoms with Crippen molar-refractivity contribution < 1.29 is 38.0 Å². The van der Waals surface area contributed by atoms with Crippen LogP contribution < -0.4 is 9.47 Å². The third kappa shape index (κ3) is 12.6. The van der Waals surface area contributed by atoms with Gasteiger partial charge >= 0.3 is 11.9 Å². The summed E-state index contributed by atoms with van der Waals surface area (Å²) in [5.74, 6) is 0.603. The van der Waals surface area contributed by atoms with Crippen molar-refractivity contribution in [3.63, 3.8) is 0 Å². The Morgan fingerprint density at radius 2 is 1.05 bits per heavy atom. The Bertz CT molecular complexity index is 1130. The molecule has 0 N–H and O–H groups in total. The number of hydrogen-bond acceptors (Lipinski definition) is 8. The lowest BCUT2D eigenvalue weighted by molar-refractivity contribution is -0.144. The Balaban J connectivity index is 1.74. The molecule has 2 aromatic rings. The summed E-state index contributed by atoms with van der Waals surface area (Å²) in [4.78, 5) is 25.7. The Labute approximate surface area is 260 Å². The van der Waals surface area contributed by atoms with E-state index in [1.807, 2.05) is 48.5 Å². The molecule has 0 fully saturated rings. The first-order chi connectivity index (χ1) is 21.4. The summed E-state index contributed by atoms with van der Waals surface area (Å²) in [6.07, 6.45) is 11.1. The van der Waals surface area contributed by atoms with Gasteiger partial charge in [0.15, 0.2) is 0 Å². The topological polar surface area (TPSA) is 89.5 Å². The van der Waals surface area contributed by atoms with Gasteiger partial charge in [-0.25, -0.2) is 9.59 Å². The molecule has 0 unspecified atom stereocenters. The zero-order valence-corrected chi connectivity index (χ0v) is 25.7. The van der Waals surface area contributed by atoms with Crippen LogP contribution in [0, 0.1) is 0 Å². The fraction of sp³-hybridized carbons (Fsp3) is 0.389. The van der Waals surface area contributed by atoms with E-state index in [-0.39, 0.29) is 0 Å². The maximum atomic E-state index is 12.9. The highest BCUT2D eigenvalue weighted by Crippen LogP contribution is 2.20. The molecule has 0 bridgehead atoms. The van der Waals surface area contributed by atoms with Crippen LogP contribution >= 0.6 is 0 Å². The molecule has 8 nitrogen and oxygen atoms in total. The van der Waals surface area contributed by atoms with Crippen LogP contribution in [-0.2, 0) is 41.8 Å². The van der Waals surface area contributed by atoms with Gasteiger partial charge in [0.05, 0.1) is 39.6 Å². The van der Waals surface area contributed by atoms with Crippen LogP contribution in [0.15, 0.2) is 98.1 Å². The van der Waals surface area contributed by atoms with E-state index in [0.29, 0.717) is 51.7 Å². The molecule has 2 aromatic carbocycles. The number of carbonyl (C=O) groups is 2. The number of benzene rings is 2. The van der Waals surface area contributed by atoms with Crippen molar-refractivity contribution in [1.82, 2.24) is 0 Å². The molecule has 1 aliphatic rings. The van der Waals surface area contributed by atoms with Crippen LogP contribution in [0.5, 0.6) is 11.5 Å². The van der Waals surface area contributed by atoms with Gasteiger partial charge in [0.25, 0.3) is 0 Å². The van der Waals surface area contributed by atoms with E-state index in [4.69, 9.17) is 28.4 Å². The molecule has 1 aliphatic heterocycles. The minimum atomic E-state index is -0.456. The number of methoxy groups -OCH3 is 2. The molecule has 4 atom stereocenters. The third-order valence-corrected chi connectivity index (χ3v) is 7.11. The van der Waals surface area contributed by atoms with Gasteiger partial charge in [-0.2, -0.15) is 0 Å². The van der Waals surface area contributed by atoms with Crippen LogP contribution in [-0.4, -0.2) is 50.6 Å². The molecule has 0 saturated carbocycles. The zero-order valence-electron chi connectivity index (χ0n) is 25.7. The number of esters is 2. The fourth-order valence-electron chi connectivity index (χ4n) is 4.62. The van der Waals surface area contributed by atoms with Gasteiger partial charge < -0.3 is 28.4 Å². The molecule has 236 valence electrons. The summed E-state index contributed by atoms with van der Waals surface area (Å²) < 4.78 is 34.3. The van der Waals surface area contributed by atoms with Crippen LogP contribution in [0.4, 0.5) is 0 Å². The van der Waals surface area contributed by atoms with E-state index in [0.717, 1.165) is 22.6 Å². The fourth-order valence-corrected chi connectivity index (χ4v) is 4.62. The maximum Gasteiger partial charge on any atom is 0.330 e. The monoisotopic (exact) mass is 604 g/mol. The number of rotatable bonds is 12. The van der Waals surface area contributed by atoms with Gasteiger partial charge in [-0.15, -0.1) is 13.2 Å². The minimum Gasteiger partial charge on any atom is -0.497 e.